The number of hydrogen-bond donors (Lipinski definition) is 0. The molecule has 0 unspecified atom stereocenters. The van der Waals surface area contributed by atoms with Crippen LogP contribution in [0.1, 0.15) is 69.2 Å². The van der Waals surface area contributed by atoms with E-state index in [9.17, 15) is 0 Å². The third-order valence-corrected chi connectivity index (χ3v) is 18.4. The Morgan fingerprint density at radius 2 is 1.06 bits per heavy atom. The molecule has 0 aliphatic carbocycles. The van der Waals surface area contributed by atoms with E-state index in [4.69, 9.17) is 0 Å². The molecule has 0 atom stereocenters. The van der Waals surface area contributed by atoms with Crippen molar-refractivity contribution in [3.8, 4) is 0 Å². The first kappa shape index (κ1) is 18.4. The molecular formula is C16H37Si2. The zero-order valence-electron chi connectivity index (χ0n) is 14.9. The van der Waals surface area contributed by atoms with Crippen LogP contribution in [0.4, 0.5) is 0 Å². The van der Waals surface area contributed by atoms with Crippen LogP contribution < -0.4 is 0 Å². The second kappa shape index (κ2) is 5.82. The Labute approximate surface area is 120 Å². The SMILES string of the molecule is CC(C)[Si](C)(C[Si](C(C)(C)C)C(C)(C)C)C(C)C. The van der Waals surface area contributed by atoms with Crippen molar-refractivity contribution in [2.45, 2.75) is 103 Å². The lowest BCUT2D eigenvalue weighted by Gasteiger charge is -2.47. The fourth-order valence-electron chi connectivity index (χ4n) is 3.11. The minimum absolute atomic E-state index is 0.360. The summed E-state index contributed by atoms with van der Waals surface area (Å²) in [5.41, 5.74) is 3.38. The van der Waals surface area contributed by atoms with Crippen LogP contribution in [0, 0.1) is 0 Å². The number of rotatable bonds is 4. The first-order valence-corrected chi connectivity index (χ1v) is 12.2. The molecule has 109 valence electrons. The van der Waals surface area contributed by atoms with Crippen LogP contribution in [-0.4, -0.2) is 16.9 Å². The van der Waals surface area contributed by atoms with E-state index in [-0.39, 0.29) is 8.80 Å². The standard InChI is InChI=1S/C16H37Si2/c1-13(2)18(11,14(3)4)12-17(15(5,6)7)16(8,9)10/h13-14H,12H2,1-11H3. The molecule has 0 spiro atoms. The molecule has 0 saturated carbocycles. The van der Waals surface area contributed by atoms with E-state index >= 15 is 0 Å². The molecular weight excluding hydrogens is 248 g/mol. The highest BCUT2D eigenvalue weighted by atomic mass is 28.4. The first-order chi connectivity index (χ1) is 7.73. The Hall–Kier alpha value is 0.434. The van der Waals surface area contributed by atoms with Gasteiger partial charge in [-0.05, 0) is 10.1 Å². The molecule has 0 aliphatic rings. The second-order valence-electron chi connectivity index (χ2n) is 8.97. The Morgan fingerprint density at radius 3 is 1.22 bits per heavy atom. The first-order valence-electron chi connectivity index (χ1n) is 7.59. The molecule has 0 heterocycles. The van der Waals surface area contributed by atoms with Crippen molar-refractivity contribution in [2.75, 3.05) is 0 Å². The predicted octanol–water partition coefficient (Wildman–Crippen LogP) is 6.52. The van der Waals surface area contributed by atoms with Gasteiger partial charge in [0.2, 0.25) is 0 Å². The van der Waals surface area contributed by atoms with E-state index in [1.54, 1.807) is 5.67 Å². The Morgan fingerprint density at radius 1 is 0.778 bits per heavy atom. The lowest BCUT2D eigenvalue weighted by atomic mass is 10.2. The van der Waals surface area contributed by atoms with Crippen molar-refractivity contribution in [2.24, 2.45) is 0 Å². The van der Waals surface area contributed by atoms with Gasteiger partial charge in [0.05, 0.1) is 16.9 Å². The molecule has 18 heavy (non-hydrogen) atoms. The lowest BCUT2D eigenvalue weighted by molar-refractivity contribution is 0.641. The van der Waals surface area contributed by atoms with E-state index in [0.717, 1.165) is 11.1 Å². The van der Waals surface area contributed by atoms with Crippen molar-refractivity contribution in [1.82, 2.24) is 0 Å². The second-order valence-corrected chi connectivity index (χ2v) is 19.7. The van der Waals surface area contributed by atoms with Crippen LogP contribution in [0.25, 0.3) is 0 Å². The van der Waals surface area contributed by atoms with E-state index in [1.165, 1.54) is 0 Å². The van der Waals surface area contributed by atoms with Crippen molar-refractivity contribution in [1.29, 1.82) is 0 Å². The van der Waals surface area contributed by atoms with Gasteiger partial charge in [0.15, 0.2) is 0 Å². The van der Waals surface area contributed by atoms with Crippen LogP contribution in [-0.2, 0) is 0 Å². The fraction of sp³-hybridized carbons (Fsp3) is 1.00. The summed E-state index contributed by atoms with van der Waals surface area (Å²) >= 11 is 0. The van der Waals surface area contributed by atoms with E-state index < -0.39 is 8.07 Å². The van der Waals surface area contributed by atoms with E-state index in [2.05, 4.69) is 75.8 Å². The third-order valence-electron chi connectivity index (χ3n) is 5.01. The summed E-state index contributed by atoms with van der Waals surface area (Å²) in [7, 11) is -1.50. The van der Waals surface area contributed by atoms with Crippen molar-refractivity contribution < 1.29 is 0 Å². The van der Waals surface area contributed by atoms with Gasteiger partial charge >= 0.3 is 0 Å². The summed E-state index contributed by atoms with van der Waals surface area (Å²) in [5, 5.41) is 1.03. The van der Waals surface area contributed by atoms with Crippen LogP contribution in [0.15, 0.2) is 0 Å². The third kappa shape index (κ3) is 4.52. The van der Waals surface area contributed by atoms with Gasteiger partial charge in [-0.2, -0.15) is 0 Å². The zero-order valence-corrected chi connectivity index (χ0v) is 16.9. The molecule has 0 saturated heterocycles. The topological polar surface area (TPSA) is 0 Å². The van der Waals surface area contributed by atoms with Gasteiger partial charge in [-0.3, -0.25) is 0 Å². The molecule has 1 radical (unpaired) electrons. The largest absolute Gasteiger partial charge is 0.0690 e. The zero-order chi connectivity index (χ0) is 14.9. The van der Waals surface area contributed by atoms with Gasteiger partial charge in [0.25, 0.3) is 0 Å². The van der Waals surface area contributed by atoms with Crippen LogP contribution in [0.2, 0.25) is 33.4 Å². The summed E-state index contributed by atoms with van der Waals surface area (Å²) in [6.07, 6.45) is 0. The Kier molecular flexibility index (Phi) is 5.96. The highest BCUT2D eigenvalue weighted by molar-refractivity contribution is 6.92. The molecule has 0 aromatic rings. The molecule has 0 aromatic carbocycles. The number of hydrogen-bond acceptors (Lipinski definition) is 0. The van der Waals surface area contributed by atoms with E-state index in [1.807, 2.05) is 0 Å². The molecule has 2 heteroatoms. The highest BCUT2D eigenvalue weighted by Crippen LogP contribution is 2.49. The normalized spacial score (nSPS) is 15.0. The van der Waals surface area contributed by atoms with Gasteiger partial charge in [-0.1, -0.05) is 92.5 Å². The molecule has 0 fully saturated rings. The molecule has 0 rings (SSSR count). The molecule has 0 aromatic heterocycles. The average Bonchev–Trinajstić information content (AvgIpc) is 2.08. The average molecular weight is 286 g/mol. The van der Waals surface area contributed by atoms with E-state index in [0.29, 0.717) is 10.1 Å². The van der Waals surface area contributed by atoms with Gasteiger partial charge in [-0.25, -0.2) is 0 Å². The van der Waals surface area contributed by atoms with Gasteiger partial charge in [0, 0.05) is 0 Å². The maximum atomic E-state index is 2.66. The van der Waals surface area contributed by atoms with Crippen LogP contribution >= 0.6 is 0 Å². The monoisotopic (exact) mass is 285 g/mol. The summed E-state index contributed by atoms with van der Waals surface area (Å²) in [4.78, 5) is 0. The molecule has 0 nitrogen and oxygen atoms in total. The van der Waals surface area contributed by atoms with Gasteiger partial charge in [-0.15, -0.1) is 0 Å². The quantitative estimate of drug-likeness (QED) is 0.516. The maximum Gasteiger partial charge on any atom is 0.0566 e. The van der Waals surface area contributed by atoms with Crippen LogP contribution in [0.5, 0.6) is 0 Å². The highest BCUT2D eigenvalue weighted by Gasteiger charge is 2.44. The maximum absolute atomic E-state index is 2.66. The predicted molar refractivity (Wildman–Crippen MR) is 91.8 cm³/mol. The minimum atomic E-state index is -1.14. The summed E-state index contributed by atoms with van der Waals surface area (Å²) in [6, 6.07) is 0. The lowest BCUT2D eigenvalue weighted by Crippen LogP contribution is -2.48. The van der Waals surface area contributed by atoms with Crippen LogP contribution in [0.3, 0.4) is 0 Å². The minimum Gasteiger partial charge on any atom is -0.0690 e. The fourth-order valence-corrected chi connectivity index (χ4v) is 17.3. The smallest absolute Gasteiger partial charge is 0.0566 e. The Balaban J connectivity index is 5.33. The summed E-state index contributed by atoms with van der Waals surface area (Å²) in [5.74, 6) is 0. The van der Waals surface area contributed by atoms with Crippen molar-refractivity contribution in [3.05, 3.63) is 0 Å². The molecule has 0 amide bonds. The van der Waals surface area contributed by atoms with Crippen molar-refractivity contribution in [3.63, 3.8) is 0 Å². The Bertz CT molecular complexity index is 231. The summed E-state index contributed by atoms with van der Waals surface area (Å²) < 4.78 is 0. The molecule has 0 N–H and O–H groups in total. The van der Waals surface area contributed by atoms with Gasteiger partial charge in [0.1, 0.15) is 0 Å². The molecule has 0 bridgehead atoms. The van der Waals surface area contributed by atoms with Crippen molar-refractivity contribution >= 4 is 16.9 Å². The summed E-state index contributed by atoms with van der Waals surface area (Å²) in [6.45, 7) is 27.4. The molecule has 0 aliphatic heterocycles. The van der Waals surface area contributed by atoms with Gasteiger partial charge < -0.3 is 0 Å².